The van der Waals surface area contributed by atoms with E-state index in [-0.39, 0.29) is 30.2 Å². The Morgan fingerprint density at radius 1 is 1.14 bits per heavy atom. The summed E-state index contributed by atoms with van der Waals surface area (Å²) in [4.78, 5) is 35.1. The van der Waals surface area contributed by atoms with Gasteiger partial charge in [-0.15, -0.1) is 0 Å². The van der Waals surface area contributed by atoms with Gasteiger partial charge < -0.3 is 15.7 Å². The molecular weight excluding hydrogens is 272 g/mol. The van der Waals surface area contributed by atoms with E-state index in [9.17, 15) is 19.5 Å². The molecule has 2 aliphatic carbocycles. The van der Waals surface area contributed by atoms with Crippen molar-refractivity contribution in [2.24, 2.45) is 29.6 Å². The van der Waals surface area contributed by atoms with Crippen LogP contribution >= 0.6 is 0 Å². The highest BCUT2D eigenvalue weighted by molar-refractivity contribution is 5.89. The molecule has 2 rings (SSSR count). The largest absolute Gasteiger partial charge is 0.481 e. The number of rotatable bonds is 6. The molecule has 1 fully saturated rings. The number of hydrogen-bond acceptors (Lipinski definition) is 3. The minimum absolute atomic E-state index is 0.0187. The molecule has 0 spiro atoms. The number of carboxylic acids is 1. The number of amides is 2. The summed E-state index contributed by atoms with van der Waals surface area (Å²) in [5.41, 5.74) is 0. The maximum atomic E-state index is 12.2. The lowest BCUT2D eigenvalue weighted by Gasteiger charge is -2.23. The van der Waals surface area contributed by atoms with Crippen LogP contribution in [-0.4, -0.2) is 36.0 Å². The summed E-state index contributed by atoms with van der Waals surface area (Å²) in [7, 11) is 0. The van der Waals surface area contributed by atoms with E-state index >= 15 is 0 Å². The summed E-state index contributed by atoms with van der Waals surface area (Å²) in [6.45, 7) is 4.43. The number of fused-ring (bicyclic) bond motifs is 2. The van der Waals surface area contributed by atoms with Crippen LogP contribution in [0.5, 0.6) is 0 Å². The Morgan fingerprint density at radius 3 is 2.33 bits per heavy atom. The van der Waals surface area contributed by atoms with Gasteiger partial charge in [-0.05, 0) is 24.2 Å². The van der Waals surface area contributed by atoms with Crippen LogP contribution in [0.25, 0.3) is 0 Å². The van der Waals surface area contributed by atoms with Crippen LogP contribution in [0.4, 0.5) is 0 Å². The molecule has 0 saturated heterocycles. The SMILES string of the molecule is CC(C)CNC(=O)CNC(=O)C1C2C=CC(C2)C1C(=O)O. The molecule has 3 N–H and O–H groups in total. The highest BCUT2D eigenvalue weighted by atomic mass is 16.4. The zero-order valence-corrected chi connectivity index (χ0v) is 12.3. The molecule has 6 nitrogen and oxygen atoms in total. The van der Waals surface area contributed by atoms with E-state index in [4.69, 9.17) is 0 Å². The molecule has 4 atom stereocenters. The summed E-state index contributed by atoms with van der Waals surface area (Å²) in [6.07, 6.45) is 4.53. The van der Waals surface area contributed by atoms with Crippen molar-refractivity contribution in [3.63, 3.8) is 0 Å². The van der Waals surface area contributed by atoms with E-state index in [1.807, 2.05) is 26.0 Å². The molecule has 2 aliphatic rings. The maximum Gasteiger partial charge on any atom is 0.307 e. The first-order chi connectivity index (χ1) is 9.90. The molecule has 116 valence electrons. The molecule has 21 heavy (non-hydrogen) atoms. The lowest BCUT2D eigenvalue weighted by Crippen LogP contribution is -2.44. The molecule has 2 bridgehead atoms. The van der Waals surface area contributed by atoms with Gasteiger partial charge in [-0.1, -0.05) is 26.0 Å². The lowest BCUT2D eigenvalue weighted by atomic mass is 9.82. The van der Waals surface area contributed by atoms with Crippen LogP contribution < -0.4 is 10.6 Å². The average molecular weight is 294 g/mol. The highest BCUT2D eigenvalue weighted by Gasteiger charge is 2.51. The number of carboxylic acid groups (broad SMARTS) is 1. The Labute approximate surface area is 124 Å². The maximum absolute atomic E-state index is 12.2. The molecule has 0 aliphatic heterocycles. The second kappa shape index (κ2) is 6.28. The van der Waals surface area contributed by atoms with Gasteiger partial charge in [0.1, 0.15) is 0 Å². The van der Waals surface area contributed by atoms with Crippen molar-refractivity contribution in [2.75, 3.05) is 13.1 Å². The zero-order chi connectivity index (χ0) is 15.6. The average Bonchev–Trinajstić information content (AvgIpc) is 3.02. The molecule has 0 radical (unpaired) electrons. The topological polar surface area (TPSA) is 95.5 Å². The first kappa shape index (κ1) is 15.5. The van der Waals surface area contributed by atoms with E-state index in [2.05, 4.69) is 10.6 Å². The molecule has 0 aromatic rings. The van der Waals surface area contributed by atoms with Gasteiger partial charge in [0.05, 0.1) is 18.4 Å². The fourth-order valence-corrected chi connectivity index (χ4v) is 3.18. The van der Waals surface area contributed by atoms with Gasteiger partial charge in [0.25, 0.3) is 0 Å². The first-order valence-corrected chi connectivity index (χ1v) is 7.35. The summed E-state index contributed by atoms with van der Waals surface area (Å²) >= 11 is 0. The Kier molecular flexibility index (Phi) is 4.65. The third-order valence-electron chi connectivity index (χ3n) is 4.18. The third kappa shape index (κ3) is 3.43. The quantitative estimate of drug-likeness (QED) is 0.618. The molecule has 2 amide bonds. The molecule has 0 heterocycles. The van der Waals surface area contributed by atoms with E-state index < -0.39 is 17.8 Å². The fraction of sp³-hybridized carbons (Fsp3) is 0.667. The summed E-state index contributed by atoms with van der Waals surface area (Å²) < 4.78 is 0. The zero-order valence-electron chi connectivity index (χ0n) is 12.3. The van der Waals surface area contributed by atoms with Crippen molar-refractivity contribution in [3.05, 3.63) is 12.2 Å². The van der Waals surface area contributed by atoms with Gasteiger partial charge in [-0.2, -0.15) is 0 Å². The number of aliphatic carboxylic acids is 1. The van der Waals surface area contributed by atoms with Gasteiger partial charge in [0.2, 0.25) is 11.8 Å². The molecule has 0 aromatic heterocycles. The Morgan fingerprint density at radius 2 is 1.76 bits per heavy atom. The molecule has 4 unspecified atom stereocenters. The van der Waals surface area contributed by atoms with Crippen molar-refractivity contribution in [1.82, 2.24) is 10.6 Å². The monoisotopic (exact) mass is 294 g/mol. The van der Waals surface area contributed by atoms with E-state index in [1.54, 1.807) is 0 Å². The molecule has 0 aromatic carbocycles. The van der Waals surface area contributed by atoms with Crippen molar-refractivity contribution in [3.8, 4) is 0 Å². The second-order valence-electron chi connectivity index (χ2n) is 6.25. The first-order valence-electron chi connectivity index (χ1n) is 7.35. The normalized spacial score (nSPS) is 29.7. The van der Waals surface area contributed by atoms with Gasteiger partial charge in [-0.25, -0.2) is 0 Å². The van der Waals surface area contributed by atoms with Crippen LogP contribution in [0.3, 0.4) is 0 Å². The summed E-state index contributed by atoms with van der Waals surface area (Å²) in [6, 6.07) is 0. The number of hydrogen-bond donors (Lipinski definition) is 3. The molecule has 1 saturated carbocycles. The summed E-state index contributed by atoms with van der Waals surface area (Å²) in [5, 5.41) is 14.6. The Hall–Kier alpha value is -1.85. The van der Waals surface area contributed by atoms with Crippen molar-refractivity contribution >= 4 is 17.8 Å². The number of allylic oxidation sites excluding steroid dienone is 2. The number of nitrogens with one attached hydrogen (secondary N) is 2. The van der Waals surface area contributed by atoms with Gasteiger partial charge in [0, 0.05) is 6.54 Å². The highest BCUT2D eigenvalue weighted by Crippen LogP contribution is 2.48. The minimum Gasteiger partial charge on any atom is -0.481 e. The van der Waals surface area contributed by atoms with Gasteiger partial charge in [0.15, 0.2) is 0 Å². The van der Waals surface area contributed by atoms with Crippen molar-refractivity contribution in [2.45, 2.75) is 20.3 Å². The Balaban J connectivity index is 1.87. The Bertz CT molecular complexity index is 472. The van der Waals surface area contributed by atoms with Crippen LogP contribution in [0.15, 0.2) is 12.2 Å². The van der Waals surface area contributed by atoms with Crippen LogP contribution in [-0.2, 0) is 14.4 Å². The van der Waals surface area contributed by atoms with Crippen LogP contribution in [0, 0.1) is 29.6 Å². The predicted octanol–water partition coefficient (Wildman–Crippen LogP) is 0.398. The summed E-state index contributed by atoms with van der Waals surface area (Å²) in [5.74, 6) is -2.48. The second-order valence-corrected chi connectivity index (χ2v) is 6.25. The smallest absolute Gasteiger partial charge is 0.307 e. The van der Waals surface area contributed by atoms with Crippen molar-refractivity contribution in [1.29, 1.82) is 0 Å². The van der Waals surface area contributed by atoms with E-state index in [1.165, 1.54) is 0 Å². The molecular formula is C15H22N2O4. The van der Waals surface area contributed by atoms with Gasteiger partial charge in [-0.3, -0.25) is 14.4 Å². The van der Waals surface area contributed by atoms with Gasteiger partial charge >= 0.3 is 5.97 Å². The van der Waals surface area contributed by atoms with Crippen LogP contribution in [0.1, 0.15) is 20.3 Å². The fourth-order valence-electron chi connectivity index (χ4n) is 3.18. The predicted molar refractivity (Wildman–Crippen MR) is 76.2 cm³/mol. The standard InChI is InChI=1S/C15H22N2O4/c1-8(2)6-16-11(18)7-17-14(19)12-9-3-4-10(5-9)13(12)15(20)21/h3-4,8-10,12-13H,5-7H2,1-2H3,(H,16,18)(H,17,19)(H,20,21). The number of carbonyl (C=O) groups excluding carboxylic acids is 2. The number of carbonyl (C=O) groups is 3. The van der Waals surface area contributed by atoms with Crippen molar-refractivity contribution < 1.29 is 19.5 Å². The lowest BCUT2D eigenvalue weighted by molar-refractivity contribution is -0.147. The van der Waals surface area contributed by atoms with E-state index in [0.717, 1.165) is 0 Å². The molecule has 6 heteroatoms. The minimum atomic E-state index is -0.934. The van der Waals surface area contributed by atoms with E-state index in [0.29, 0.717) is 18.9 Å². The third-order valence-corrected chi connectivity index (χ3v) is 4.18. The van der Waals surface area contributed by atoms with Crippen LogP contribution in [0.2, 0.25) is 0 Å².